The lowest BCUT2D eigenvalue weighted by Gasteiger charge is -2.40. The smallest absolute Gasteiger partial charge is 0.229 e. The number of ether oxygens (including phenoxy) is 5. The van der Waals surface area contributed by atoms with Gasteiger partial charge in [0.25, 0.3) is 0 Å². The number of hydrogen-bond donors (Lipinski definition) is 9. The molecule has 2 fully saturated rings. The van der Waals surface area contributed by atoms with Crippen molar-refractivity contribution in [3.63, 3.8) is 0 Å². The molecule has 240 valence electrons. The van der Waals surface area contributed by atoms with E-state index in [1.165, 1.54) is 37.4 Å². The Morgan fingerprint density at radius 2 is 1.59 bits per heavy atom. The first-order chi connectivity index (χ1) is 20.9. The van der Waals surface area contributed by atoms with E-state index in [2.05, 4.69) is 0 Å². The zero-order chi connectivity index (χ0) is 31.9. The molecule has 1 aromatic heterocycles. The second-order valence-electron chi connectivity index (χ2n) is 10.3. The highest BCUT2D eigenvalue weighted by Gasteiger charge is 2.49. The van der Waals surface area contributed by atoms with Crippen LogP contribution >= 0.6 is 0 Å². The van der Waals surface area contributed by atoms with Crippen LogP contribution in [0, 0.1) is 0 Å². The van der Waals surface area contributed by atoms with E-state index >= 15 is 0 Å². The van der Waals surface area contributed by atoms with Crippen LogP contribution in [0.2, 0.25) is 0 Å². The molecule has 2 aromatic carbocycles. The van der Waals surface area contributed by atoms with Crippen LogP contribution in [0.5, 0.6) is 23.0 Å². The van der Waals surface area contributed by atoms with Gasteiger partial charge in [-0.15, -0.1) is 0 Å². The molecule has 44 heavy (non-hydrogen) atoms. The molecule has 0 bridgehead atoms. The monoisotopic (exact) mass is 624 g/mol. The molecule has 0 radical (unpaired) electrons. The molecule has 3 heterocycles. The number of benzene rings is 2. The van der Waals surface area contributed by atoms with E-state index < -0.39 is 85.8 Å². The van der Waals surface area contributed by atoms with Crippen molar-refractivity contribution < 1.29 is 74.1 Å². The van der Waals surface area contributed by atoms with Crippen molar-refractivity contribution in [3.05, 3.63) is 46.6 Å². The molecule has 5 rings (SSSR count). The van der Waals surface area contributed by atoms with Gasteiger partial charge in [-0.2, -0.15) is 0 Å². The Balaban J connectivity index is 1.30. The summed E-state index contributed by atoms with van der Waals surface area (Å²) < 4.78 is 32.6. The Morgan fingerprint density at radius 3 is 2.27 bits per heavy atom. The van der Waals surface area contributed by atoms with Gasteiger partial charge in [-0.1, -0.05) is 0 Å². The molecule has 0 saturated carbocycles. The Bertz CT molecular complexity index is 1530. The van der Waals surface area contributed by atoms with Gasteiger partial charge in [-0.3, -0.25) is 4.79 Å². The van der Waals surface area contributed by atoms with Gasteiger partial charge < -0.3 is 74.1 Å². The minimum Gasteiger partial charge on any atom is -0.507 e. The van der Waals surface area contributed by atoms with Crippen molar-refractivity contribution in [2.24, 2.45) is 0 Å². The summed E-state index contributed by atoms with van der Waals surface area (Å²) in [6, 6.07) is 7.69. The Morgan fingerprint density at radius 1 is 0.864 bits per heavy atom. The van der Waals surface area contributed by atoms with Crippen molar-refractivity contribution in [3.8, 4) is 34.3 Å². The third kappa shape index (κ3) is 6.04. The predicted octanol–water partition coefficient (Wildman–Crippen LogP) is -2.12. The summed E-state index contributed by atoms with van der Waals surface area (Å²) in [5, 5.41) is 91.1. The molecule has 16 nitrogen and oxygen atoms in total. The molecule has 0 unspecified atom stereocenters. The minimum atomic E-state index is -1.80. The van der Waals surface area contributed by atoms with Crippen molar-refractivity contribution in [1.29, 1.82) is 0 Å². The van der Waals surface area contributed by atoms with E-state index in [-0.39, 0.29) is 39.5 Å². The summed E-state index contributed by atoms with van der Waals surface area (Å²) in [6.45, 7) is -1.30. The molecule has 2 saturated heterocycles. The second kappa shape index (κ2) is 12.8. The first kappa shape index (κ1) is 31.9. The van der Waals surface area contributed by atoms with Gasteiger partial charge in [0.1, 0.15) is 77.1 Å². The molecular formula is C28H32O16. The maximum atomic E-state index is 12.7. The molecule has 2 aliphatic heterocycles. The van der Waals surface area contributed by atoms with Crippen LogP contribution in [-0.4, -0.2) is 128 Å². The van der Waals surface area contributed by atoms with Gasteiger partial charge >= 0.3 is 0 Å². The first-order valence-corrected chi connectivity index (χ1v) is 13.4. The summed E-state index contributed by atoms with van der Waals surface area (Å²) in [5.41, 5.74) is -0.273. The fourth-order valence-corrected chi connectivity index (χ4v) is 4.97. The molecule has 9 N–H and O–H groups in total. The highest BCUT2D eigenvalue weighted by molar-refractivity contribution is 5.86. The quantitative estimate of drug-likeness (QED) is 0.123. The zero-order valence-electron chi connectivity index (χ0n) is 23.0. The Hall–Kier alpha value is -3.55. The van der Waals surface area contributed by atoms with Crippen molar-refractivity contribution in [2.75, 3.05) is 20.3 Å². The van der Waals surface area contributed by atoms with E-state index in [9.17, 15) is 45.6 Å². The lowest BCUT2D eigenvalue weighted by atomic mass is 9.99. The van der Waals surface area contributed by atoms with Crippen molar-refractivity contribution in [2.45, 2.75) is 61.4 Å². The van der Waals surface area contributed by atoms with Crippen LogP contribution in [0.15, 0.2) is 45.6 Å². The number of aromatic hydroxyl groups is 2. The van der Waals surface area contributed by atoms with Crippen LogP contribution in [-0.2, 0) is 14.2 Å². The van der Waals surface area contributed by atoms with Crippen LogP contribution in [0.25, 0.3) is 22.3 Å². The van der Waals surface area contributed by atoms with Crippen LogP contribution < -0.4 is 14.9 Å². The highest BCUT2D eigenvalue weighted by atomic mass is 16.7. The van der Waals surface area contributed by atoms with Crippen LogP contribution in [0.1, 0.15) is 0 Å². The number of hydrogen-bond acceptors (Lipinski definition) is 16. The molecule has 0 spiro atoms. The highest BCUT2D eigenvalue weighted by Crippen LogP contribution is 2.36. The van der Waals surface area contributed by atoms with E-state index in [1.54, 1.807) is 0 Å². The van der Waals surface area contributed by atoms with Gasteiger partial charge in [0.2, 0.25) is 6.29 Å². The number of phenols is 2. The third-order valence-corrected chi connectivity index (χ3v) is 7.42. The number of methoxy groups -OCH3 is 1. The van der Waals surface area contributed by atoms with Crippen molar-refractivity contribution >= 4 is 11.0 Å². The number of aliphatic hydroxyl groups excluding tert-OH is 7. The number of rotatable bonds is 9. The molecule has 0 amide bonds. The largest absolute Gasteiger partial charge is 0.507 e. The van der Waals surface area contributed by atoms with Gasteiger partial charge in [0.15, 0.2) is 23.2 Å². The van der Waals surface area contributed by atoms with Gasteiger partial charge in [0, 0.05) is 23.8 Å². The van der Waals surface area contributed by atoms with Crippen molar-refractivity contribution in [1.82, 2.24) is 0 Å². The number of aliphatic hydroxyl groups is 7. The minimum absolute atomic E-state index is 0.0360. The number of fused-ring (bicyclic) bond motifs is 1. The molecule has 16 heteroatoms. The molecule has 10 atom stereocenters. The zero-order valence-corrected chi connectivity index (χ0v) is 23.0. The molecule has 0 aliphatic carbocycles. The summed E-state index contributed by atoms with van der Waals surface area (Å²) in [7, 11) is 1.38. The van der Waals surface area contributed by atoms with E-state index in [0.717, 1.165) is 6.07 Å². The maximum absolute atomic E-state index is 12.7. The van der Waals surface area contributed by atoms with Crippen LogP contribution in [0.3, 0.4) is 0 Å². The Kier molecular flexibility index (Phi) is 9.28. The fraction of sp³-hybridized carbons (Fsp3) is 0.464. The average molecular weight is 625 g/mol. The van der Waals surface area contributed by atoms with Gasteiger partial charge in [-0.05, 0) is 18.2 Å². The summed E-state index contributed by atoms with van der Waals surface area (Å²) in [5.74, 6) is -0.743. The first-order valence-electron chi connectivity index (χ1n) is 13.4. The predicted molar refractivity (Wildman–Crippen MR) is 145 cm³/mol. The lowest BCUT2D eigenvalue weighted by molar-refractivity contribution is -0.290. The topological polar surface area (TPSA) is 258 Å². The maximum Gasteiger partial charge on any atom is 0.229 e. The standard InChI is InChI=1S/C28H32O16/c1-39-11-5-13(31)20-14(32)7-17(41-18(20)6-11)10-2-3-16(12(30)4-10)42-28-24(37)22(35)21(34)19(43-28)9-40-27-25(38)23(36)26(44-27)15(33)8-29/h2-7,15,19,21-31,33-38H,8-9H2,1H3/t15-,19-,21-,22+,23-,24-,25-,26-,27-,28-/m1/s1. The van der Waals surface area contributed by atoms with E-state index in [1.807, 2.05) is 0 Å². The number of phenolic OH excluding ortho intramolecular Hbond substituents is 2. The molecule has 3 aromatic rings. The van der Waals surface area contributed by atoms with E-state index in [4.69, 9.17) is 33.2 Å². The summed E-state index contributed by atoms with van der Waals surface area (Å²) in [6.07, 6.45) is -15.9. The van der Waals surface area contributed by atoms with E-state index in [0.29, 0.717) is 0 Å². The normalized spacial score (nSPS) is 31.2. The fourth-order valence-electron chi connectivity index (χ4n) is 4.97. The van der Waals surface area contributed by atoms with Crippen LogP contribution in [0.4, 0.5) is 0 Å². The summed E-state index contributed by atoms with van der Waals surface area (Å²) in [4.78, 5) is 12.7. The third-order valence-electron chi connectivity index (χ3n) is 7.42. The Labute approximate surface area is 248 Å². The second-order valence-corrected chi connectivity index (χ2v) is 10.3. The average Bonchev–Trinajstić information content (AvgIpc) is 3.29. The SMILES string of the molecule is COc1cc(O)c2c(=O)cc(-c3ccc(O[C@@H]4O[C@H](CO[C@@H]5O[C@H]([C@H](O)CO)[C@H](O)[C@H]5O)[C@@H](O)[C@H](O)[C@H]4O)c(O)c3)oc2c1. The van der Waals surface area contributed by atoms with Gasteiger partial charge in [-0.25, -0.2) is 0 Å². The lowest BCUT2D eigenvalue weighted by Crippen LogP contribution is -2.60. The molecule has 2 aliphatic rings. The molecular weight excluding hydrogens is 592 g/mol. The summed E-state index contributed by atoms with van der Waals surface area (Å²) >= 11 is 0. The van der Waals surface area contributed by atoms with Gasteiger partial charge in [0.05, 0.1) is 20.3 Å².